The summed E-state index contributed by atoms with van der Waals surface area (Å²) < 4.78 is 11.7. The van der Waals surface area contributed by atoms with Gasteiger partial charge < -0.3 is 15.2 Å². The summed E-state index contributed by atoms with van der Waals surface area (Å²) in [5.74, 6) is 0.788. The van der Waals surface area contributed by atoms with Gasteiger partial charge in [0.15, 0.2) is 0 Å². The number of halogens is 1. The van der Waals surface area contributed by atoms with E-state index in [-0.39, 0.29) is 6.10 Å². The number of nitrogens with two attached hydrogens (primary N) is 1. The van der Waals surface area contributed by atoms with Crippen molar-refractivity contribution in [3.63, 3.8) is 0 Å². The Hall–Kier alpha value is -0.740. The van der Waals surface area contributed by atoms with Crippen LogP contribution in [-0.2, 0) is 4.74 Å². The highest BCUT2D eigenvalue weighted by atomic mass is 79.9. The van der Waals surface area contributed by atoms with Crippen LogP contribution in [0.2, 0.25) is 0 Å². The summed E-state index contributed by atoms with van der Waals surface area (Å²) in [5.41, 5.74) is 6.33. The zero-order chi connectivity index (χ0) is 11.3. The topological polar surface area (TPSA) is 44.5 Å². The molecule has 1 aromatic carbocycles. The highest BCUT2D eigenvalue weighted by Crippen LogP contribution is 2.26. The maximum Gasteiger partial charge on any atom is 0.133 e. The van der Waals surface area contributed by atoms with E-state index >= 15 is 0 Å². The van der Waals surface area contributed by atoms with Crippen molar-refractivity contribution in [2.75, 3.05) is 18.9 Å². The van der Waals surface area contributed by atoms with Crippen LogP contribution in [0.15, 0.2) is 22.7 Å². The van der Waals surface area contributed by atoms with Gasteiger partial charge in [-0.2, -0.15) is 0 Å². The second-order valence-electron chi connectivity index (χ2n) is 3.46. The van der Waals surface area contributed by atoms with Gasteiger partial charge in [0.2, 0.25) is 0 Å². The molecular formula is C11H16BrNO2. The Labute approximate surface area is 98.7 Å². The maximum absolute atomic E-state index is 5.61. The van der Waals surface area contributed by atoms with Gasteiger partial charge in [-0.1, -0.05) is 0 Å². The predicted molar refractivity (Wildman–Crippen MR) is 65.1 cm³/mol. The lowest BCUT2D eigenvalue weighted by atomic mass is 10.3. The van der Waals surface area contributed by atoms with E-state index in [1.165, 1.54) is 0 Å². The van der Waals surface area contributed by atoms with E-state index in [0.29, 0.717) is 18.9 Å². The van der Waals surface area contributed by atoms with Gasteiger partial charge in [-0.25, -0.2) is 0 Å². The van der Waals surface area contributed by atoms with Crippen LogP contribution < -0.4 is 10.5 Å². The van der Waals surface area contributed by atoms with Gasteiger partial charge in [-0.3, -0.25) is 0 Å². The van der Waals surface area contributed by atoms with Gasteiger partial charge in [-0.05, 0) is 48.0 Å². The first-order chi connectivity index (χ1) is 7.09. The molecule has 0 fully saturated rings. The molecule has 1 aromatic rings. The van der Waals surface area contributed by atoms with E-state index in [4.69, 9.17) is 15.2 Å². The van der Waals surface area contributed by atoms with Gasteiger partial charge in [0.1, 0.15) is 12.4 Å². The fraction of sp³-hybridized carbons (Fsp3) is 0.455. The molecule has 4 heteroatoms. The molecule has 15 heavy (non-hydrogen) atoms. The molecule has 0 saturated heterocycles. The van der Waals surface area contributed by atoms with E-state index in [0.717, 1.165) is 10.2 Å². The Balaban J connectivity index is 2.37. The summed E-state index contributed by atoms with van der Waals surface area (Å²) in [6, 6.07) is 5.47. The van der Waals surface area contributed by atoms with E-state index in [1.807, 2.05) is 32.0 Å². The number of rotatable bonds is 5. The van der Waals surface area contributed by atoms with Crippen LogP contribution in [0, 0.1) is 0 Å². The van der Waals surface area contributed by atoms with Crippen LogP contribution in [-0.4, -0.2) is 19.3 Å². The Kier molecular flexibility index (Phi) is 4.91. The van der Waals surface area contributed by atoms with Crippen molar-refractivity contribution in [3.05, 3.63) is 22.7 Å². The second kappa shape index (κ2) is 5.98. The molecule has 0 radical (unpaired) electrons. The average Bonchev–Trinajstić information content (AvgIpc) is 2.14. The normalized spacial score (nSPS) is 10.7. The molecule has 0 aliphatic rings. The number of hydrogen-bond donors (Lipinski definition) is 1. The number of hydrogen-bond acceptors (Lipinski definition) is 3. The standard InChI is InChI=1S/C11H16BrNO2/c1-8(2)14-5-6-15-11-4-3-9(13)7-10(11)12/h3-4,7-8H,5-6,13H2,1-2H3. The molecule has 0 aliphatic heterocycles. The Bertz CT molecular complexity index is 315. The van der Waals surface area contributed by atoms with Crippen molar-refractivity contribution in [1.29, 1.82) is 0 Å². The van der Waals surface area contributed by atoms with E-state index in [9.17, 15) is 0 Å². The second-order valence-corrected chi connectivity index (χ2v) is 4.31. The molecule has 0 aromatic heterocycles. The molecule has 0 amide bonds. The highest BCUT2D eigenvalue weighted by Gasteiger charge is 2.01. The largest absolute Gasteiger partial charge is 0.490 e. The quantitative estimate of drug-likeness (QED) is 0.663. The minimum Gasteiger partial charge on any atom is -0.490 e. The fourth-order valence-corrected chi connectivity index (χ4v) is 1.58. The molecular weight excluding hydrogens is 258 g/mol. The van der Waals surface area contributed by atoms with E-state index in [2.05, 4.69) is 15.9 Å². The SMILES string of the molecule is CC(C)OCCOc1ccc(N)cc1Br. The first-order valence-corrected chi connectivity index (χ1v) is 5.68. The average molecular weight is 274 g/mol. The fourth-order valence-electron chi connectivity index (χ4n) is 1.07. The van der Waals surface area contributed by atoms with Crippen LogP contribution in [0.3, 0.4) is 0 Å². The van der Waals surface area contributed by atoms with Crippen molar-refractivity contribution < 1.29 is 9.47 Å². The summed E-state index contributed by atoms with van der Waals surface area (Å²) in [5, 5.41) is 0. The molecule has 0 spiro atoms. The van der Waals surface area contributed by atoms with Crippen molar-refractivity contribution >= 4 is 21.6 Å². The highest BCUT2D eigenvalue weighted by molar-refractivity contribution is 9.10. The molecule has 0 saturated carbocycles. The van der Waals surface area contributed by atoms with Gasteiger partial charge in [0, 0.05) is 5.69 Å². The third kappa shape index (κ3) is 4.53. The summed E-state index contributed by atoms with van der Waals surface area (Å²) in [7, 11) is 0. The molecule has 3 nitrogen and oxygen atoms in total. The van der Waals surface area contributed by atoms with Gasteiger partial charge in [0.25, 0.3) is 0 Å². The smallest absolute Gasteiger partial charge is 0.133 e. The van der Waals surface area contributed by atoms with Crippen LogP contribution in [0.4, 0.5) is 5.69 Å². The Morgan fingerprint density at radius 1 is 1.33 bits per heavy atom. The van der Waals surface area contributed by atoms with Gasteiger partial charge in [0.05, 0.1) is 17.2 Å². The van der Waals surface area contributed by atoms with Crippen LogP contribution in [0.1, 0.15) is 13.8 Å². The molecule has 0 unspecified atom stereocenters. The number of ether oxygens (including phenoxy) is 2. The first-order valence-electron chi connectivity index (χ1n) is 4.89. The molecule has 0 heterocycles. The third-order valence-corrected chi connectivity index (χ3v) is 2.37. The monoisotopic (exact) mass is 273 g/mol. The van der Waals surface area contributed by atoms with Crippen LogP contribution >= 0.6 is 15.9 Å². The minimum absolute atomic E-state index is 0.239. The Morgan fingerprint density at radius 3 is 2.67 bits per heavy atom. The summed E-state index contributed by atoms with van der Waals surface area (Å²) in [6.45, 7) is 5.13. The molecule has 0 bridgehead atoms. The first kappa shape index (κ1) is 12.3. The van der Waals surface area contributed by atoms with Crippen LogP contribution in [0.25, 0.3) is 0 Å². The van der Waals surface area contributed by atoms with E-state index in [1.54, 1.807) is 0 Å². The van der Waals surface area contributed by atoms with Crippen molar-refractivity contribution in [1.82, 2.24) is 0 Å². The number of anilines is 1. The van der Waals surface area contributed by atoms with Crippen molar-refractivity contribution in [3.8, 4) is 5.75 Å². The predicted octanol–water partition coefficient (Wildman–Crippen LogP) is 2.84. The molecule has 2 N–H and O–H groups in total. The minimum atomic E-state index is 0.239. The lowest BCUT2D eigenvalue weighted by Gasteiger charge is -2.10. The zero-order valence-electron chi connectivity index (χ0n) is 9.00. The van der Waals surface area contributed by atoms with Crippen molar-refractivity contribution in [2.45, 2.75) is 20.0 Å². The Morgan fingerprint density at radius 2 is 2.07 bits per heavy atom. The lowest BCUT2D eigenvalue weighted by molar-refractivity contribution is 0.0551. The molecule has 84 valence electrons. The summed E-state index contributed by atoms with van der Waals surface area (Å²) >= 11 is 3.38. The number of benzene rings is 1. The summed E-state index contributed by atoms with van der Waals surface area (Å²) in [6.07, 6.45) is 0.239. The maximum atomic E-state index is 5.61. The van der Waals surface area contributed by atoms with Crippen LogP contribution in [0.5, 0.6) is 5.75 Å². The number of nitrogen functional groups attached to an aromatic ring is 1. The molecule has 1 rings (SSSR count). The van der Waals surface area contributed by atoms with Gasteiger partial charge in [-0.15, -0.1) is 0 Å². The van der Waals surface area contributed by atoms with E-state index < -0.39 is 0 Å². The van der Waals surface area contributed by atoms with Crippen molar-refractivity contribution in [2.24, 2.45) is 0 Å². The molecule has 0 aliphatic carbocycles. The molecule has 0 atom stereocenters. The summed E-state index contributed by atoms with van der Waals surface area (Å²) in [4.78, 5) is 0. The third-order valence-electron chi connectivity index (χ3n) is 1.75. The van der Waals surface area contributed by atoms with Gasteiger partial charge >= 0.3 is 0 Å². The lowest BCUT2D eigenvalue weighted by Crippen LogP contribution is -2.11. The zero-order valence-corrected chi connectivity index (χ0v) is 10.6.